The monoisotopic (exact) mass is 337 g/mol. The Labute approximate surface area is 140 Å². The molecule has 6 heteroatoms. The Morgan fingerprint density at radius 2 is 2.17 bits per heavy atom. The maximum atomic E-state index is 12.4. The number of carboxylic acids is 1. The molecule has 0 spiro atoms. The second-order valence-electron chi connectivity index (χ2n) is 6.79. The quantitative estimate of drug-likeness (QED) is 0.885. The number of hydrogen-bond acceptors (Lipinski definition) is 4. The van der Waals surface area contributed by atoms with E-state index in [1.54, 1.807) is 11.3 Å². The molecule has 0 radical (unpaired) electrons. The van der Waals surface area contributed by atoms with Crippen molar-refractivity contribution in [1.29, 1.82) is 0 Å². The number of nitrogens with one attached hydrogen (secondary N) is 1. The van der Waals surface area contributed by atoms with Crippen LogP contribution in [0.25, 0.3) is 0 Å². The highest BCUT2D eigenvalue weighted by Gasteiger charge is 2.40. The summed E-state index contributed by atoms with van der Waals surface area (Å²) in [4.78, 5) is 26.1. The Hall–Kier alpha value is -1.40. The van der Waals surface area contributed by atoms with E-state index >= 15 is 0 Å². The van der Waals surface area contributed by atoms with E-state index in [9.17, 15) is 14.7 Å². The third-order valence-corrected chi connectivity index (χ3v) is 6.28. The Bertz CT molecular complexity index is 604. The molecule has 2 heterocycles. The van der Waals surface area contributed by atoms with Crippen LogP contribution in [-0.2, 0) is 22.4 Å². The van der Waals surface area contributed by atoms with Crippen LogP contribution in [0.3, 0.4) is 0 Å². The van der Waals surface area contributed by atoms with Gasteiger partial charge in [-0.05, 0) is 49.7 Å². The van der Waals surface area contributed by atoms with Gasteiger partial charge in [0.05, 0.1) is 10.3 Å². The van der Waals surface area contributed by atoms with E-state index in [4.69, 9.17) is 4.74 Å². The van der Waals surface area contributed by atoms with E-state index in [0.29, 0.717) is 36.9 Å². The Kier molecular flexibility index (Phi) is 4.73. The van der Waals surface area contributed by atoms with Crippen LogP contribution in [0.5, 0.6) is 0 Å². The molecule has 1 atom stereocenters. The first-order valence-electron chi connectivity index (χ1n) is 8.21. The van der Waals surface area contributed by atoms with E-state index in [1.807, 2.05) is 6.07 Å². The Morgan fingerprint density at radius 1 is 1.43 bits per heavy atom. The Morgan fingerprint density at radius 3 is 2.87 bits per heavy atom. The van der Waals surface area contributed by atoms with E-state index in [2.05, 4.69) is 12.2 Å². The summed E-state index contributed by atoms with van der Waals surface area (Å²) in [6.07, 6.45) is 4.15. The highest BCUT2D eigenvalue weighted by Crippen LogP contribution is 2.33. The van der Waals surface area contributed by atoms with Crippen LogP contribution < -0.4 is 5.32 Å². The second kappa shape index (κ2) is 6.61. The number of fused-ring (bicyclic) bond motifs is 1. The van der Waals surface area contributed by atoms with Gasteiger partial charge in [0.1, 0.15) is 0 Å². The van der Waals surface area contributed by atoms with Gasteiger partial charge in [-0.2, -0.15) is 0 Å². The van der Waals surface area contributed by atoms with E-state index in [-0.39, 0.29) is 12.5 Å². The molecule has 1 aromatic rings. The normalized spacial score (nSPS) is 23.1. The zero-order chi connectivity index (χ0) is 16.4. The standard InChI is InChI=1S/C17H23NO4S/c1-11-2-3-13-12(8-11)9-14(23-13)15(19)18-10-17(16(20)21)4-6-22-7-5-17/h9,11H,2-8,10H2,1H3,(H,18,19)(H,20,21). The summed E-state index contributed by atoms with van der Waals surface area (Å²) in [5.41, 5.74) is 0.400. The first kappa shape index (κ1) is 16.5. The number of amides is 1. The van der Waals surface area contributed by atoms with Crippen molar-refractivity contribution in [2.45, 2.75) is 39.0 Å². The summed E-state index contributed by atoms with van der Waals surface area (Å²) in [5, 5.41) is 12.4. The zero-order valence-corrected chi connectivity index (χ0v) is 14.2. The molecule has 1 aliphatic carbocycles. The number of carbonyl (C=O) groups excluding carboxylic acids is 1. The molecule has 2 aliphatic rings. The molecular formula is C17H23NO4S. The van der Waals surface area contributed by atoms with Gasteiger partial charge in [0.25, 0.3) is 5.91 Å². The third-order valence-electron chi connectivity index (χ3n) is 5.04. The average molecular weight is 337 g/mol. The van der Waals surface area contributed by atoms with Gasteiger partial charge in [0, 0.05) is 24.6 Å². The van der Waals surface area contributed by atoms with Crippen molar-refractivity contribution in [2.24, 2.45) is 11.3 Å². The van der Waals surface area contributed by atoms with Crippen molar-refractivity contribution in [3.8, 4) is 0 Å². The number of carbonyl (C=O) groups is 2. The molecule has 5 nitrogen and oxygen atoms in total. The second-order valence-corrected chi connectivity index (χ2v) is 7.92. The van der Waals surface area contributed by atoms with Crippen molar-refractivity contribution in [2.75, 3.05) is 19.8 Å². The number of aliphatic carboxylic acids is 1. The molecule has 126 valence electrons. The fourth-order valence-corrected chi connectivity index (χ4v) is 4.51. The number of hydrogen-bond donors (Lipinski definition) is 2. The summed E-state index contributed by atoms with van der Waals surface area (Å²) in [6, 6.07) is 1.99. The molecule has 1 fully saturated rings. The van der Waals surface area contributed by atoms with Crippen molar-refractivity contribution in [3.63, 3.8) is 0 Å². The number of aryl methyl sites for hydroxylation is 1. The summed E-state index contributed by atoms with van der Waals surface area (Å²) in [7, 11) is 0. The third kappa shape index (κ3) is 3.43. The molecule has 1 aliphatic heterocycles. The summed E-state index contributed by atoms with van der Waals surface area (Å²) < 4.78 is 5.26. The van der Waals surface area contributed by atoms with E-state index in [1.165, 1.54) is 16.9 Å². The number of thiophene rings is 1. The zero-order valence-electron chi connectivity index (χ0n) is 13.4. The maximum absolute atomic E-state index is 12.4. The van der Waals surface area contributed by atoms with Gasteiger partial charge in [0.15, 0.2) is 0 Å². The maximum Gasteiger partial charge on any atom is 0.311 e. The number of ether oxygens (including phenoxy) is 1. The van der Waals surface area contributed by atoms with Crippen LogP contribution in [0.4, 0.5) is 0 Å². The molecule has 0 bridgehead atoms. The molecule has 0 aromatic carbocycles. The van der Waals surface area contributed by atoms with Crippen molar-refractivity contribution < 1.29 is 19.4 Å². The minimum atomic E-state index is -0.890. The van der Waals surface area contributed by atoms with Gasteiger partial charge < -0.3 is 15.2 Å². The molecule has 1 unspecified atom stereocenters. The van der Waals surface area contributed by atoms with Gasteiger partial charge in [-0.3, -0.25) is 9.59 Å². The molecule has 2 N–H and O–H groups in total. The van der Waals surface area contributed by atoms with Gasteiger partial charge in [-0.15, -0.1) is 11.3 Å². The Balaban J connectivity index is 1.66. The molecule has 1 amide bonds. The van der Waals surface area contributed by atoms with Crippen LogP contribution in [0.15, 0.2) is 6.07 Å². The minimum absolute atomic E-state index is 0.149. The molecule has 23 heavy (non-hydrogen) atoms. The first-order valence-corrected chi connectivity index (χ1v) is 9.03. The predicted octanol–water partition coefficient (Wildman–Crippen LogP) is 2.48. The lowest BCUT2D eigenvalue weighted by atomic mass is 9.80. The lowest BCUT2D eigenvalue weighted by Gasteiger charge is -2.33. The largest absolute Gasteiger partial charge is 0.481 e. The smallest absolute Gasteiger partial charge is 0.311 e. The highest BCUT2D eigenvalue weighted by atomic mass is 32.1. The topological polar surface area (TPSA) is 75.6 Å². The summed E-state index contributed by atoms with van der Waals surface area (Å²) in [6.45, 7) is 3.28. The van der Waals surface area contributed by atoms with Crippen LogP contribution in [0.1, 0.15) is 46.3 Å². The van der Waals surface area contributed by atoms with E-state index < -0.39 is 11.4 Å². The summed E-state index contributed by atoms with van der Waals surface area (Å²) in [5.74, 6) is -0.324. The fourth-order valence-electron chi connectivity index (χ4n) is 3.38. The first-order chi connectivity index (χ1) is 11.0. The van der Waals surface area contributed by atoms with E-state index in [0.717, 1.165) is 12.8 Å². The van der Waals surface area contributed by atoms with Crippen LogP contribution in [-0.4, -0.2) is 36.7 Å². The van der Waals surface area contributed by atoms with Crippen LogP contribution in [0, 0.1) is 11.3 Å². The number of carboxylic acid groups (broad SMARTS) is 1. The van der Waals surface area contributed by atoms with Crippen molar-refractivity contribution >= 4 is 23.2 Å². The van der Waals surface area contributed by atoms with Gasteiger partial charge in [-0.1, -0.05) is 6.92 Å². The highest BCUT2D eigenvalue weighted by molar-refractivity contribution is 7.14. The fraction of sp³-hybridized carbons (Fsp3) is 0.647. The molecular weight excluding hydrogens is 314 g/mol. The van der Waals surface area contributed by atoms with Crippen molar-refractivity contribution in [1.82, 2.24) is 5.32 Å². The van der Waals surface area contributed by atoms with Gasteiger partial charge >= 0.3 is 5.97 Å². The molecule has 3 rings (SSSR count). The lowest BCUT2D eigenvalue weighted by molar-refractivity contribution is -0.154. The van der Waals surface area contributed by atoms with Gasteiger partial charge in [0.2, 0.25) is 0 Å². The predicted molar refractivity (Wildman–Crippen MR) is 88.0 cm³/mol. The average Bonchev–Trinajstić information content (AvgIpc) is 2.96. The summed E-state index contributed by atoms with van der Waals surface area (Å²) >= 11 is 1.56. The lowest BCUT2D eigenvalue weighted by Crippen LogP contribution is -2.46. The number of rotatable bonds is 4. The molecule has 0 saturated carbocycles. The molecule has 1 saturated heterocycles. The van der Waals surface area contributed by atoms with Gasteiger partial charge in [-0.25, -0.2) is 0 Å². The van der Waals surface area contributed by atoms with Crippen LogP contribution in [0.2, 0.25) is 0 Å². The minimum Gasteiger partial charge on any atom is -0.481 e. The van der Waals surface area contributed by atoms with Crippen LogP contribution >= 0.6 is 11.3 Å². The van der Waals surface area contributed by atoms with Crippen molar-refractivity contribution in [3.05, 3.63) is 21.4 Å². The SMILES string of the molecule is CC1CCc2sc(C(=O)NCC3(C(=O)O)CCOCC3)cc2C1. The molecule has 1 aromatic heterocycles.